The minimum atomic E-state index is 0.389. The van der Waals surface area contributed by atoms with Crippen LogP contribution < -0.4 is 5.73 Å². The quantitative estimate of drug-likeness (QED) is 0.576. The van der Waals surface area contributed by atoms with Gasteiger partial charge in [0.15, 0.2) is 0 Å². The Hall–Kier alpha value is -0.120. The van der Waals surface area contributed by atoms with E-state index >= 15 is 0 Å². The smallest absolute Gasteiger partial charge is 0.0674 e. The van der Waals surface area contributed by atoms with Gasteiger partial charge in [0.25, 0.3) is 0 Å². The molecular formula is C7H16N2O. The molecule has 1 aliphatic rings. The highest BCUT2D eigenvalue weighted by Crippen LogP contribution is 2.02. The van der Waals surface area contributed by atoms with Gasteiger partial charge >= 0.3 is 0 Å². The fourth-order valence-corrected chi connectivity index (χ4v) is 1.28. The summed E-state index contributed by atoms with van der Waals surface area (Å²) in [6, 6.07) is 0. The SMILES string of the molecule is C[C@@H]1CN(CCN)CCO1. The molecule has 0 spiro atoms. The van der Waals surface area contributed by atoms with Crippen molar-refractivity contribution in [3.63, 3.8) is 0 Å². The van der Waals surface area contributed by atoms with Crippen LogP contribution in [-0.2, 0) is 4.74 Å². The maximum absolute atomic E-state index is 5.42. The Morgan fingerprint density at radius 3 is 3.10 bits per heavy atom. The molecule has 3 nitrogen and oxygen atoms in total. The number of nitrogens with two attached hydrogens (primary N) is 1. The summed E-state index contributed by atoms with van der Waals surface area (Å²) in [5.41, 5.74) is 5.42. The zero-order valence-electron chi connectivity index (χ0n) is 6.55. The molecule has 3 heteroatoms. The standard InChI is InChI=1S/C7H16N2O/c1-7-6-9(3-2-8)4-5-10-7/h7H,2-6,8H2,1H3/t7-/m1/s1. The third kappa shape index (κ3) is 2.25. The van der Waals surface area contributed by atoms with E-state index in [1.54, 1.807) is 0 Å². The Morgan fingerprint density at radius 2 is 2.50 bits per heavy atom. The van der Waals surface area contributed by atoms with E-state index in [0.717, 1.165) is 32.8 Å². The third-order valence-electron chi connectivity index (χ3n) is 1.77. The molecular weight excluding hydrogens is 128 g/mol. The Kier molecular flexibility index (Phi) is 3.12. The van der Waals surface area contributed by atoms with E-state index in [1.807, 2.05) is 0 Å². The van der Waals surface area contributed by atoms with Crippen LogP contribution in [0, 0.1) is 0 Å². The minimum absolute atomic E-state index is 0.389. The van der Waals surface area contributed by atoms with Gasteiger partial charge in [-0.25, -0.2) is 0 Å². The van der Waals surface area contributed by atoms with E-state index in [4.69, 9.17) is 10.5 Å². The van der Waals surface area contributed by atoms with E-state index in [9.17, 15) is 0 Å². The molecule has 0 aromatic rings. The zero-order valence-corrected chi connectivity index (χ0v) is 6.55. The highest BCUT2D eigenvalue weighted by Gasteiger charge is 2.14. The molecule has 0 saturated carbocycles. The molecule has 2 N–H and O–H groups in total. The van der Waals surface area contributed by atoms with Crippen molar-refractivity contribution in [3.05, 3.63) is 0 Å². The number of hydrogen-bond donors (Lipinski definition) is 1. The van der Waals surface area contributed by atoms with Gasteiger partial charge < -0.3 is 10.5 Å². The fourth-order valence-electron chi connectivity index (χ4n) is 1.28. The lowest BCUT2D eigenvalue weighted by molar-refractivity contribution is -0.0170. The van der Waals surface area contributed by atoms with E-state index in [-0.39, 0.29) is 0 Å². The monoisotopic (exact) mass is 144 g/mol. The van der Waals surface area contributed by atoms with E-state index < -0.39 is 0 Å². The first-order valence-electron chi connectivity index (χ1n) is 3.87. The Labute approximate surface area is 62.1 Å². The van der Waals surface area contributed by atoms with E-state index in [1.165, 1.54) is 0 Å². The summed E-state index contributed by atoms with van der Waals surface area (Å²) in [6.45, 7) is 6.81. The topological polar surface area (TPSA) is 38.5 Å². The molecule has 0 unspecified atom stereocenters. The first kappa shape index (κ1) is 7.98. The number of hydrogen-bond acceptors (Lipinski definition) is 3. The molecule has 1 rings (SSSR count). The zero-order chi connectivity index (χ0) is 7.40. The summed E-state index contributed by atoms with van der Waals surface area (Å²) < 4.78 is 5.37. The van der Waals surface area contributed by atoms with Gasteiger partial charge in [-0.05, 0) is 6.92 Å². The van der Waals surface area contributed by atoms with Crippen LogP contribution in [0.3, 0.4) is 0 Å². The first-order chi connectivity index (χ1) is 4.83. The van der Waals surface area contributed by atoms with Crippen molar-refractivity contribution in [2.75, 3.05) is 32.8 Å². The van der Waals surface area contributed by atoms with E-state index in [0.29, 0.717) is 6.10 Å². The molecule has 60 valence electrons. The van der Waals surface area contributed by atoms with Gasteiger partial charge in [0.2, 0.25) is 0 Å². The predicted molar refractivity (Wildman–Crippen MR) is 40.9 cm³/mol. The van der Waals surface area contributed by atoms with Gasteiger partial charge in [0.1, 0.15) is 0 Å². The minimum Gasteiger partial charge on any atom is -0.376 e. The fraction of sp³-hybridized carbons (Fsp3) is 1.00. The van der Waals surface area contributed by atoms with Crippen molar-refractivity contribution >= 4 is 0 Å². The van der Waals surface area contributed by atoms with Crippen molar-refractivity contribution in [3.8, 4) is 0 Å². The van der Waals surface area contributed by atoms with Crippen LogP contribution in [0.4, 0.5) is 0 Å². The Balaban J connectivity index is 2.18. The van der Waals surface area contributed by atoms with Crippen LogP contribution in [0.25, 0.3) is 0 Å². The van der Waals surface area contributed by atoms with Crippen LogP contribution >= 0.6 is 0 Å². The second kappa shape index (κ2) is 3.91. The number of rotatable bonds is 2. The average Bonchev–Trinajstić information content (AvgIpc) is 1.88. The van der Waals surface area contributed by atoms with Gasteiger partial charge in [-0.3, -0.25) is 4.90 Å². The molecule has 1 atom stereocenters. The molecule has 0 aliphatic carbocycles. The second-order valence-corrected chi connectivity index (χ2v) is 2.77. The van der Waals surface area contributed by atoms with Crippen molar-refractivity contribution in [1.82, 2.24) is 4.90 Å². The van der Waals surface area contributed by atoms with Crippen molar-refractivity contribution in [2.24, 2.45) is 5.73 Å². The Morgan fingerprint density at radius 1 is 1.70 bits per heavy atom. The van der Waals surface area contributed by atoms with Gasteiger partial charge in [0, 0.05) is 26.2 Å². The third-order valence-corrected chi connectivity index (χ3v) is 1.77. The molecule has 0 bridgehead atoms. The molecule has 0 radical (unpaired) electrons. The maximum atomic E-state index is 5.42. The molecule has 1 aliphatic heterocycles. The normalized spacial score (nSPS) is 28.8. The lowest BCUT2D eigenvalue weighted by Gasteiger charge is -2.30. The molecule has 1 saturated heterocycles. The van der Waals surface area contributed by atoms with Crippen LogP contribution in [0.15, 0.2) is 0 Å². The van der Waals surface area contributed by atoms with Gasteiger partial charge in [-0.1, -0.05) is 0 Å². The summed E-state index contributed by atoms with van der Waals surface area (Å²) in [5.74, 6) is 0. The maximum Gasteiger partial charge on any atom is 0.0674 e. The molecule has 0 aromatic heterocycles. The highest BCUT2D eigenvalue weighted by atomic mass is 16.5. The number of ether oxygens (including phenoxy) is 1. The summed E-state index contributed by atoms with van der Waals surface area (Å²) in [7, 11) is 0. The summed E-state index contributed by atoms with van der Waals surface area (Å²) in [5, 5.41) is 0. The van der Waals surface area contributed by atoms with Gasteiger partial charge in [-0.15, -0.1) is 0 Å². The number of nitrogens with zero attached hydrogens (tertiary/aromatic N) is 1. The second-order valence-electron chi connectivity index (χ2n) is 2.77. The number of morpholine rings is 1. The molecule has 1 heterocycles. The van der Waals surface area contributed by atoms with Crippen LogP contribution in [0.2, 0.25) is 0 Å². The molecule has 0 aromatic carbocycles. The summed E-state index contributed by atoms with van der Waals surface area (Å²) in [6.07, 6.45) is 0.389. The lowest BCUT2D eigenvalue weighted by atomic mass is 10.3. The largest absolute Gasteiger partial charge is 0.376 e. The summed E-state index contributed by atoms with van der Waals surface area (Å²) in [4.78, 5) is 2.34. The molecule has 10 heavy (non-hydrogen) atoms. The van der Waals surface area contributed by atoms with Crippen molar-refractivity contribution in [2.45, 2.75) is 13.0 Å². The molecule has 0 amide bonds. The van der Waals surface area contributed by atoms with Crippen LogP contribution in [-0.4, -0.2) is 43.8 Å². The van der Waals surface area contributed by atoms with Crippen LogP contribution in [0.5, 0.6) is 0 Å². The van der Waals surface area contributed by atoms with Gasteiger partial charge in [0.05, 0.1) is 12.7 Å². The molecule has 1 fully saturated rings. The first-order valence-corrected chi connectivity index (χ1v) is 3.87. The van der Waals surface area contributed by atoms with Crippen molar-refractivity contribution in [1.29, 1.82) is 0 Å². The van der Waals surface area contributed by atoms with Crippen molar-refractivity contribution < 1.29 is 4.74 Å². The van der Waals surface area contributed by atoms with Crippen LogP contribution in [0.1, 0.15) is 6.92 Å². The summed E-state index contributed by atoms with van der Waals surface area (Å²) >= 11 is 0. The average molecular weight is 144 g/mol. The van der Waals surface area contributed by atoms with E-state index in [2.05, 4.69) is 11.8 Å². The Bertz CT molecular complexity index is 95.6. The lowest BCUT2D eigenvalue weighted by Crippen LogP contribution is -2.43. The predicted octanol–water partition coefficient (Wildman–Crippen LogP) is -0.334. The van der Waals surface area contributed by atoms with Gasteiger partial charge in [-0.2, -0.15) is 0 Å². The highest BCUT2D eigenvalue weighted by molar-refractivity contribution is 4.67.